The van der Waals surface area contributed by atoms with Crippen LogP contribution in [0.1, 0.15) is 5.56 Å². The molecule has 0 aliphatic heterocycles. The average molecular weight is 320 g/mol. The SMILES string of the molecule is O=c1[nH]c2ccc(CNc3ncc(Br)cn3)cc2[nH]1. The second kappa shape index (κ2) is 4.85. The molecular formula is C12H10BrN5O. The summed E-state index contributed by atoms with van der Waals surface area (Å²) in [5, 5.41) is 3.11. The molecule has 19 heavy (non-hydrogen) atoms. The van der Waals surface area contributed by atoms with Gasteiger partial charge in [-0.3, -0.25) is 0 Å². The number of hydrogen-bond donors (Lipinski definition) is 3. The van der Waals surface area contributed by atoms with E-state index in [0.29, 0.717) is 12.5 Å². The first kappa shape index (κ1) is 11.9. The summed E-state index contributed by atoms with van der Waals surface area (Å²) in [5.74, 6) is 0.561. The zero-order valence-corrected chi connectivity index (χ0v) is 11.4. The Morgan fingerprint density at radius 2 is 1.89 bits per heavy atom. The van der Waals surface area contributed by atoms with E-state index in [1.807, 2.05) is 18.2 Å². The molecule has 0 bridgehead atoms. The smallest absolute Gasteiger partial charge is 0.323 e. The molecule has 0 spiro atoms. The number of anilines is 1. The Hall–Kier alpha value is -2.15. The van der Waals surface area contributed by atoms with Crippen molar-refractivity contribution in [3.63, 3.8) is 0 Å². The molecular weight excluding hydrogens is 310 g/mol. The lowest BCUT2D eigenvalue weighted by Gasteiger charge is -2.04. The number of benzene rings is 1. The van der Waals surface area contributed by atoms with Crippen LogP contribution in [0.3, 0.4) is 0 Å². The molecule has 2 aromatic heterocycles. The van der Waals surface area contributed by atoms with E-state index in [4.69, 9.17) is 0 Å². The van der Waals surface area contributed by atoms with Crippen LogP contribution in [0.5, 0.6) is 0 Å². The fourth-order valence-corrected chi connectivity index (χ4v) is 1.98. The Kier molecular flexibility index (Phi) is 3.04. The van der Waals surface area contributed by atoms with Crippen LogP contribution in [0, 0.1) is 0 Å². The summed E-state index contributed by atoms with van der Waals surface area (Å²) < 4.78 is 0.837. The zero-order chi connectivity index (χ0) is 13.2. The highest BCUT2D eigenvalue weighted by molar-refractivity contribution is 9.10. The van der Waals surface area contributed by atoms with Gasteiger partial charge >= 0.3 is 5.69 Å². The molecule has 0 aliphatic carbocycles. The molecule has 7 heteroatoms. The lowest BCUT2D eigenvalue weighted by atomic mass is 10.2. The maximum atomic E-state index is 11.2. The van der Waals surface area contributed by atoms with E-state index >= 15 is 0 Å². The van der Waals surface area contributed by atoms with E-state index in [2.05, 4.69) is 41.2 Å². The number of imidazole rings is 1. The van der Waals surface area contributed by atoms with E-state index in [0.717, 1.165) is 21.1 Å². The van der Waals surface area contributed by atoms with Crippen LogP contribution in [-0.4, -0.2) is 19.9 Å². The molecule has 0 saturated carbocycles. The van der Waals surface area contributed by atoms with Crippen LogP contribution in [0.4, 0.5) is 5.95 Å². The number of H-pyrrole nitrogens is 2. The number of hydrogen-bond acceptors (Lipinski definition) is 4. The van der Waals surface area contributed by atoms with Gasteiger partial charge in [-0.2, -0.15) is 0 Å². The topological polar surface area (TPSA) is 86.5 Å². The summed E-state index contributed by atoms with van der Waals surface area (Å²) in [5.41, 5.74) is 2.43. The minimum Gasteiger partial charge on any atom is -0.350 e. The Morgan fingerprint density at radius 3 is 2.68 bits per heavy atom. The summed E-state index contributed by atoms with van der Waals surface area (Å²) in [6.07, 6.45) is 3.37. The summed E-state index contributed by atoms with van der Waals surface area (Å²) in [6.45, 7) is 0.588. The third-order valence-electron chi connectivity index (χ3n) is 2.65. The van der Waals surface area contributed by atoms with Gasteiger partial charge in [-0.1, -0.05) is 6.07 Å². The van der Waals surface area contributed by atoms with Crippen molar-refractivity contribution in [1.82, 2.24) is 19.9 Å². The highest BCUT2D eigenvalue weighted by Gasteiger charge is 2.01. The Labute approximate surface area is 116 Å². The summed E-state index contributed by atoms with van der Waals surface area (Å²) in [7, 11) is 0. The van der Waals surface area contributed by atoms with Crippen molar-refractivity contribution in [2.24, 2.45) is 0 Å². The zero-order valence-electron chi connectivity index (χ0n) is 9.77. The van der Waals surface area contributed by atoms with E-state index in [9.17, 15) is 4.79 Å². The standard InChI is InChI=1S/C12H10BrN5O/c13-8-5-15-11(16-6-8)14-4-7-1-2-9-10(3-7)18-12(19)17-9/h1-3,5-6H,4H2,(H,14,15,16)(H2,17,18,19). The van der Waals surface area contributed by atoms with E-state index in [1.54, 1.807) is 12.4 Å². The van der Waals surface area contributed by atoms with Gasteiger partial charge in [0, 0.05) is 18.9 Å². The quantitative estimate of drug-likeness (QED) is 0.689. The number of nitrogens with one attached hydrogen (secondary N) is 3. The third-order valence-corrected chi connectivity index (χ3v) is 3.06. The molecule has 0 radical (unpaired) electrons. The molecule has 3 N–H and O–H groups in total. The molecule has 96 valence electrons. The highest BCUT2D eigenvalue weighted by Crippen LogP contribution is 2.12. The maximum Gasteiger partial charge on any atom is 0.323 e. The summed E-state index contributed by atoms with van der Waals surface area (Å²) >= 11 is 3.28. The second-order valence-corrected chi connectivity index (χ2v) is 4.95. The van der Waals surface area contributed by atoms with E-state index in [1.165, 1.54) is 0 Å². The number of rotatable bonds is 3. The van der Waals surface area contributed by atoms with Crippen LogP contribution in [0.15, 0.2) is 39.9 Å². The first-order valence-corrected chi connectivity index (χ1v) is 6.42. The maximum absolute atomic E-state index is 11.2. The fraction of sp³-hybridized carbons (Fsp3) is 0.0833. The number of fused-ring (bicyclic) bond motifs is 1. The molecule has 2 heterocycles. The van der Waals surface area contributed by atoms with Crippen molar-refractivity contribution in [3.05, 3.63) is 51.1 Å². The average Bonchev–Trinajstić information content (AvgIpc) is 2.77. The molecule has 0 fully saturated rings. The first-order valence-electron chi connectivity index (χ1n) is 5.63. The number of nitrogens with zero attached hydrogens (tertiary/aromatic N) is 2. The van der Waals surface area contributed by atoms with E-state index < -0.39 is 0 Å². The minimum absolute atomic E-state index is 0.198. The molecule has 3 aromatic rings. The van der Waals surface area contributed by atoms with Crippen molar-refractivity contribution in [1.29, 1.82) is 0 Å². The molecule has 3 rings (SSSR count). The molecule has 0 amide bonds. The molecule has 0 atom stereocenters. The van der Waals surface area contributed by atoms with Gasteiger partial charge in [-0.05, 0) is 33.6 Å². The van der Waals surface area contributed by atoms with Crippen molar-refractivity contribution >= 4 is 32.9 Å². The van der Waals surface area contributed by atoms with Gasteiger partial charge in [0.15, 0.2) is 0 Å². The van der Waals surface area contributed by atoms with Gasteiger partial charge in [-0.25, -0.2) is 14.8 Å². The van der Waals surface area contributed by atoms with Gasteiger partial charge in [0.05, 0.1) is 15.5 Å². The predicted molar refractivity (Wildman–Crippen MR) is 76.0 cm³/mol. The monoisotopic (exact) mass is 319 g/mol. The van der Waals surface area contributed by atoms with Gasteiger partial charge in [-0.15, -0.1) is 0 Å². The van der Waals surface area contributed by atoms with Gasteiger partial charge in [0.25, 0.3) is 0 Å². The van der Waals surface area contributed by atoms with E-state index in [-0.39, 0.29) is 5.69 Å². The second-order valence-electron chi connectivity index (χ2n) is 4.04. The van der Waals surface area contributed by atoms with Gasteiger partial charge < -0.3 is 15.3 Å². The molecule has 0 aliphatic rings. The normalized spacial score (nSPS) is 10.8. The van der Waals surface area contributed by atoms with Crippen LogP contribution in [-0.2, 0) is 6.54 Å². The van der Waals surface area contributed by atoms with Gasteiger partial charge in [0.1, 0.15) is 0 Å². The molecule has 0 saturated heterocycles. The van der Waals surface area contributed by atoms with Crippen molar-refractivity contribution in [2.45, 2.75) is 6.54 Å². The Balaban J connectivity index is 1.77. The van der Waals surface area contributed by atoms with Crippen LogP contribution in [0.2, 0.25) is 0 Å². The Morgan fingerprint density at radius 1 is 1.16 bits per heavy atom. The van der Waals surface area contributed by atoms with Crippen molar-refractivity contribution in [2.75, 3.05) is 5.32 Å². The summed E-state index contributed by atoms with van der Waals surface area (Å²) in [6, 6.07) is 5.73. The first-order chi connectivity index (χ1) is 9.20. The number of aromatic nitrogens is 4. The third kappa shape index (κ3) is 2.65. The number of halogens is 1. The molecule has 0 unspecified atom stereocenters. The predicted octanol–water partition coefficient (Wildman–Crippen LogP) is 2.02. The molecule has 6 nitrogen and oxygen atoms in total. The summed E-state index contributed by atoms with van der Waals surface area (Å²) in [4.78, 5) is 24.8. The van der Waals surface area contributed by atoms with Gasteiger partial charge in [0.2, 0.25) is 5.95 Å². The fourth-order valence-electron chi connectivity index (χ4n) is 1.77. The van der Waals surface area contributed by atoms with Crippen LogP contribution < -0.4 is 11.0 Å². The Bertz CT molecular complexity index is 762. The minimum atomic E-state index is -0.198. The highest BCUT2D eigenvalue weighted by atomic mass is 79.9. The van der Waals surface area contributed by atoms with Crippen molar-refractivity contribution < 1.29 is 0 Å². The largest absolute Gasteiger partial charge is 0.350 e. The van der Waals surface area contributed by atoms with Crippen LogP contribution in [0.25, 0.3) is 11.0 Å². The number of aromatic amines is 2. The lowest BCUT2D eigenvalue weighted by molar-refractivity contribution is 1.05. The molecule has 1 aromatic carbocycles. The lowest BCUT2D eigenvalue weighted by Crippen LogP contribution is -2.03. The van der Waals surface area contributed by atoms with Crippen molar-refractivity contribution in [3.8, 4) is 0 Å². The van der Waals surface area contributed by atoms with Crippen LogP contribution >= 0.6 is 15.9 Å².